The Morgan fingerprint density at radius 1 is 1.28 bits per heavy atom. The number of hydrogen-bond donors (Lipinski definition) is 1. The van der Waals surface area contributed by atoms with Gasteiger partial charge in [-0.15, -0.1) is 0 Å². The fraction of sp³-hybridized carbons (Fsp3) is 0.556. The van der Waals surface area contributed by atoms with Crippen molar-refractivity contribution in [3.8, 4) is 0 Å². The Kier molecular flexibility index (Phi) is 5.44. The summed E-state index contributed by atoms with van der Waals surface area (Å²) in [6, 6.07) is 4.76. The van der Waals surface area contributed by atoms with Crippen LogP contribution in [0, 0.1) is 5.92 Å². The topological polar surface area (TPSA) is 57.6 Å². The molecule has 1 saturated heterocycles. The van der Waals surface area contributed by atoms with E-state index in [9.17, 15) is 27.9 Å². The molecule has 0 bridgehead atoms. The highest BCUT2D eigenvalue weighted by Gasteiger charge is 2.47. The predicted octanol–water partition coefficient (Wildman–Crippen LogP) is 3.74. The molecule has 0 saturated carbocycles. The van der Waals surface area contributed by atoms with Crippen LogP contribution in [0.4, 0.5) is 13.2 Å². The first-order valence-electron chi connectivity index (χ1n) is 8.30. The van der Waals surface area contributed by atoms with E-state index in [1.807, 2.05) is 6.92 Å². The van der Waals surface area contributed by atoms with Crippen molar-refractivity contribution in [2.45, 2.75) is 51.2 Å². The Morgan fingerprint density at radius 3 is 2.36 bits per heavy atom. The molecule has 0 aliphatic carbocycles. The number of amides is 1. The molecule has 4 nitrogen and oxygen atoms in total. The van der Waals surface area contributed by atoms with Crippen molar-refractivity contribution in [3.63, 3.8) is 0 Å². The van der Waals surface area contributed by atoms with Crippen molar-refractivity contribution in [1.82, 2.24) is 4.90 Å². The van der Waals surface area contributed by atoms with E-state index >= 15 is 0 Å². The van der Waals surface area contributed by atoms with Gasteiger partial charge in [-0.05, 0) is 50.3 Å². The molecule has 1 aliphatic heterocycles. The van der Waals surface area contributed by atoms with Crippen LogP contribution in [0.3, 0.4) is 0 Å². The zero-order chi connectivity index (χ0) is 18.8. The fourth-order valence-corrected chi connectivity index (χ4v) is 3.28. The average molecular weight is 357 g/mol. The van der Waals surface area contributed by atoms with E-state index in [4.69, 9.17) is 0 Å². The van der Waals surface area contributed by atoms with Crippen molar-refractivity contribution in [2.24, 2.45) is 5.92 Å². The minimum atomic E-state index is -4.39. The van der Waals surface area contributed by atoms with Gasteiger partial charge in [0.1, 0.15) is 5.54 Å². The van der Waals surface area contributed by atoms with Crippen LogP contribution in [0.15, 0.2) is 24.3 Å². The second-order valence-electron chi connectivity index (χ2n) is 6.68. The van der Waals surface area contributed by atoms with E-state index in [0.717, 1.165) is 12.1 Å². The van der Waals surface area contributed by atoms with Crippen molar-refractivity contribution < 1.29 is 27.9 Å². The van der Waals surface area contributed by atoms with Gasteiger partial charge in [0.05, 0.1) is 5.56 Å². The number of rotatable bonds is 5. The van der Waals surface area contributed by atoms with E-state index in [-0.39, 0.29) is 5.91 Å². The standard InChI is InChI=1S/C18H22F3NO3/c1-3-13(11-12-5-7-14(8-6-12)18(19,20)21)15(23)22-10-4-9-17(22,2)16(24)25/h5-8,13H,3-4,9-11H2,1-2H3,(H,24,25). The highest BCUT2D eigenvalue weighted by molar-refractivity contribution is 5.88. The molecule has 0 spiro atoms. The highest BCUT2D eigenvalue weighted by atomic mass is 19.4. The number of carboxylic acids is 1. The van der Waals surface area contributed by atoms with Crippen molar-refractivity contribution in [1.29, 1.82) is 0 Å². The second-order valence-corrected chi connectivity index (χ2v) is 6.68. The summed E-state index contributed by atoms with van der Waals surface area (Å²) < 4.78 is 37.9. The number of likely N-dealkylation sites (tertiary alicyclic amines) is 1. The third-order valence-electron chi connectivity index (χ3n) is 4.97. The van der Waals surface area contributed by atoms with E-state index in [2.05, 4.69) is 0 Å². The number of carboxylic acid groups (broad SMARTS) is 1. The molecule has 0 aromatic heterocycles. The molecule has 1 fully saturated rings. The maximum atomic E-state index is 12.8. The molecule has 2 unspecified atom stereocenters. The Labute approximate surface area is 144 Å². The second kappa shape index (κ2) is 7.06. The van der Waals surface area contributed by atoms with Crippen LogP contribution >= 0.6 is 0 Å². The number of nitrogens with zero attached hydrogens (tertiary/aromatic N) is 1. The molecule has 1 aliphatic rings. The largest absolute Gasteiger partial charge is 0.480 e. The predicted molar refractivity (Wildman–Crippen MR) is 85.9 cm³/mol. The molecule has 1 N–H and O–H groups in total. The number of hydrogen-bond acceptors (Lipinski definition) is 2. The van der Waals surface area contributed by atoms with E-state index < -0.39 is 29.2 Å². The summed E-state index contributed by atoms with van der Waals surface area (Å²) >= 11 is 0. The molecule has 25 heavy (non-hydrogen) atoms. The Hall–Kier alpha value is -2.05. The molecule has 2 rings (SSSR count). The molecule has 2 atom stereocenters. The van der Waals surface area contributed by atoms with Crippen molar-refractivity contribution >= 4 is 11.9 Å². The van der Waals surface area contributed by atoms with Crippen LogP contribution in [-0.4, -0.2) is 34.0 Å². The quantitative estimate of drug-likeness (QED) is 0.873. The van der Waals surface area contributed by atoms with Gasteiger partial charge in [0.2, 0.25) is 5.91 Å². The lowest BCUT2D eigenvalue weighted by Crippen LogP contribution is -2.52. The third-order valence-corrected chi connectivity index (χ3v) is 4.97. The minimum absolute atomic E-state index is 0.246. The molecule has 1 aromatic carbocycles. The normalized spacial score (nSPS) is 22.0. The molecule has 1 aromatic rings. The number of benzene rings is 1. The first kappa shape index (κ1) is 19.3. The van der Waals surface area contributed by atoms with Gasteiger partial charge < -0.3 is 10.0 Å². The Balaban J connectivity index is 2.14. The van der Waals surface area contributed by atoms with E-state index in [1.54, 1.807) is 6.92 Å². The maximum absolute atomic E-state index is 12.8. The molecule has 138 valence electrons. The molecule has 7 heteroatoms. The molecule has 1 amide bonds. The summed E-state index contributed by atoms with van der Waals surface area (Å²) in [7, 11) is 0. The van der Waals surface area contributed by atoms with Crippen LogP contribution in [0.25, 0.3) is 0 Å². The number of carbonyl (C=O) groups is 2. The summed E-state index contributed by atoms with van der Waals surface area (Å²) in [5.41, 5.74) is -1.30. The first-order chi connectivity index (χ1) is 11.6. The summed E-state index contributed by atoms with van der Waals surface area (Å²) in [5.74, 6) is -1.72. The van der Waals surface area contributed by atoms with Gasteiger partial charge in [-0.3, -0.25) is 4.79 Å². The number of halogens is 3. The number of aliphatic carboxylic acids is 1. The SMILES string of the molecule is CCC(Cc1ccc(C(F)(F)F)cc1)C(=O)N1CCCC1(C)C(=O)O. The van der Waals surface area contributed by atoms with Gasteiger partial charge in [-0.25, -0.2) is 4.79 Å². The zero-order valence-corrected chi connectivity index (χ0v) is 14.3. The minimum Gasteiger partial charge on any atom is -0.480 e. The van der Waals surface area contributed by atoms with Gasteiger partial charge in [0.25, 0.3) is 0 Å². The number of alkyl halides is 3. The summed E-state index contributed by atoms with van der Waals surface area (Å²) in [5, 5.41) is 9.44. The summed E-state index contributed by atoms with van der Waals surface area (Å²) in [6.07, 6.45) is -2.57. The molecular weight excluding hydrogens is 335 g/mol. The molecule has 0 radical (unpaired) electrons. The fourth-order valence-electron chi connectivity index (χ4n) is 3.28. The number of carbonyl (C=O) groups excluding carboxylic acids is 1. The average Bonchev–Trinajstić information content (AvgIpc) is 2.95. The lowest BCUT2D eigenvalue weighted by atomic mass is 9.92. The van der Waals surface area contributed by atoms with Gasteiger partial charge in [0, 0.05) is 12.5 Å². The smallest absolute Gasteiger partial charge is 0.416 e. The van der Waals surface area contributed by atoms with Gasteiger partial charge in [0.15, 0.2) is 0 Å². The first-order valence-corrected chi connectivity index (χ1v) is 8.30. The molecule has 1 heterocycles. The monoisotopic (exact) mass is 357 g/mol. The zero-order valence-electron chi connectivity index (χ0n) is 14.3. The van der Waals surface area contributed by atoms with Gasteiger partial charge in [-0.1, -0.05) is 19.1 Å². The van der Waals surface area contributed by atoms with Gasteiger partial charge in [-0.2, -0.15) is 13.2 Å². The summed E-state index contributed by atoms with van der Waals surface area (Å²) in [4.78, 5) is 25.8. The van der Waals surface area contributed by atoms with E-state index in [0.29, 0.717) is 37.8 Å². The summed E-state index contributed by atoms with van der Waals surface area (Å²) in [6.45, 7) is 3.76. The Bertz CT molecular complexity index is 642. The van der Waals surface area contributed by atoms with Crippen LogP contribution in [0.2, 0.25) is 0 Å². The highest BCUT2D eigenvalue weighted by Crippen LogP contribution is 2.33. The van der Waals surface area contributed by atoms with Crippen molar-refractivity contribution in [3.05, 3.63) is 35.4 Å². The van der Waals surface area contributed by atoms with Crippen LogP contribution in [0.1, 0.15) is 44.2 Å². The van der Waals surface area contributed by atoms with Gasteiger partial charge >= 0.3 is 12.1 Å². The van der Waals surface area contributed by atoms with Crippen LogP contribution < -0.4 is 0 Å². The van der Waals surface area contributed by atoms with E-state index in [1.165, 1.54) is 17.0 Å². The van der Waals surface area contributed by atoms with Crippen LogP contribution in [0.5, 0.6) is 0 Å². The Morgan fingerprint density at radius 2 is 1.88 bits per heavy atom. The lowest BCUT2D eigenvalue weighted by molar-refractivity contribution is -0.157. The maximum Gasteiger partial charge on any atom is 0.416 e. The van der Waals surface area contributed by atoms with Crippen molar-refractivity contribution in [2.75, 3.05) is 6.54 Å². The molecular formula is C18H22F3NO3. The lowest BCUT2D eigenvalue weighted by Gasteiger charge is -2.34. The van der Waals surface area contributed by atoms with Crippen LogP contribution in [-0.2, 0) is 22.2 Å². The third kappa shape index (κ3) is 3.96.